The molecule has 100 valence electrons. The molecule has 1 saturated heterocycles. The highest BCUT2D eigenvalue weighted by Crippen LogP contribution is 2.22. The van der Waals surface area contributed by atoms with E-state index in [1.165, 1.54) is 0 Å². The van der Waals surface area contributed by atoms with Crippen LogP contribution in [-0.2, 0) is 6.54 Å². The predicted molar refractivity (Wildman–Crippen MR) is 77.8 cm³/mol. The van der Waals surface area contributed by atoms with E-state index >= 15 is 0 Å². The summed E-state index contributed by atoms with van der Waals surface area (Å²) in [5.41, 5.74) is 7.97. The van der Waals surface area contributed by atoms with E-state index < -0.39 is 0 Å². The molecular formula is C14H22ClN3. The number of nitrogens with two attached hydrogens (primary N) is 1. The number of nitrogen functional groups attached to an aromatic ring is 1. The van der Waals surface area contributed by atoms with Gasteiger partial charge in [0, 0.05) is 42.4 Å². The number of piperazine rings is 1. The number of halogens is 1. The molecule has 1 aliphatic heterocycles. The third-order valence-electron chi connectivity index (χ3n) is 3.93. The lowest BCUT2D eigenvalue weighted by atomic mass is 10.1. The van der Waals surface area contributed by atoms with Crippen molar-refractivity contribution in [1.29, 1.82) is 0 Å². The fraction of sp³-hybridized carbons (Fsp3) is 0.571. The molecule has 1 aromatic carbocycles. The molecule has 2 unspecified atom stereocenters. The van der Waals surface area contributed by atoms with Crippen LogP contribution in [0.4, 0.5) is 5.69 Å². The van der Waals surface area contributed by atoms with Crippen LogP contribution in [0.1, 0.15) is 19.4 Å². The van der Waals surface area contributed by atoms with Gasteiger partial charge in [-0.25, -0.2) is 0 Å². The van der Waals surface area contributed by atoms with E-state index in [0.29, 0.717) is 12.1 Å². The zero-order valence-electron chi connectivity index (χ0n) is 11.4. The van der Waals surface area contributed by atoms with Gasteiger partial charge in [0.25, 0.3) is 0 Å². The highest BCUT2D eigenvalue weighted by Gasteiger charge is 2.26. The van der Waals surface area contributed by atoms with Gasteiger partial charge in [0.2, 0.25) is 0 Å². The van der Waals surface area contributed by atoms with Gasteiger partial charge in [0.15, 0.2) is 0 Å². The van der Waals surface area contributed by atoms with Crippen molar-refractivity contribution in [3.05, 3.63) is 28.8 Å². The molecule has 0 aromatic heterocycles. The molecule has 0 bridgehead atoms. The minimum atomic E-state index is 0.578. The topological polar surface area (TPSA) is 32.5 Å². The molecule has 0 aliphatic carbocycles. The molecule has 0 radical (unpaired) electrons. The maximum atomic E-state index is 6.03. The molecule has 2 N–H and O–H groups in total. The number of hydrogen-bond donors (Lipinski definition) is 1. The maximum Gasteiger partial charge on any atom is 0.0410 e. The second-order valence-electron chi connectivity index (χ2n) is 5.40. The van der Waals surface area contributed by atoms with Crippen molar-refractivity contribution in [3.8, 4) is 0 Å². The van der Waals surface area contributed by atoms with Crippen LogP contribution in [0.15, 0.2) is 18.2 Å². The van der Waals surface area contributed by atoms with Gasteiger partial charge >= 0.3 is 0 Å². The van der Waals surface area contributed by atoms with Gasteiger partial charge in [0.05, 0.1) is 0 Å². The molecule has 0 spiro atoms. The van der Waals surface area contributed by atoms with E-state index in [1.54, 1.807) is 0 Å². The van der Waals surface area contributed by atoms with Crippen LogP contribution >= 0.6 is 11.6 Å². The molecular weight excluding hydrogens is 246 g/mol. The molecule has 1 heterocycles. The molecule has 0 saturated carbocycles. The Balaban J connectivity index is 2.07. The van der Waals surface area contributed by atoms with E-state index in [9.17, 15) is 0 Å². The maximum absolute atomic E-state index is 6.03. The number of hydrogen-bond acceptors (Lipinski definition) is 3. The summed E-state index contributed by atoms with van der Waals surface area (Å²) in [6.45, 7) is 7.57. The highest BCUT2D eigenvalue weighted by molar-refractivity contribution is 6.30. The minimum absolute atomic E-state index is 0.578. The standard InChI is InChI=1S/C14H22ClN3/c1-10-7-18(8-11(2)17(10)3)9-12-6-13(15)4-5-14(12)16/h4-6,10-11H,7-9,16H2,1-3H3. The largest absolute Gasteiger partial charge is 0.398 e. The van der Waals surface area contributed by atoms with Crippen molar-refractivity contribution in [2.45, 2.75) is 32.5 Å². The molecule has 1 aliphatic rings. The van der Waals surface area contributed by atoms with Crippen LogP contribution in [0.5, 0.6) is 0 Å². The fourth-order valence-electron chi connectivity index (χ4n) is 2.60. The van der Waals surface area contributed by atoms with Gasteiger partial charge < -0.3 is 5.73 Å². The zero-order valence-corrected chi connectivity index (χ0v) is 12.1. The quantitative estimate of drug-likeness (QED) is 0.836. The van der Waals surface area contributed by atoms with Crippen molar-refractivity contribution in [1.82, 2.24) is 9.80 Å². The molecule has 2 rings (SSSR count). The molecule has 0 amide bonds. The predicted octanol–water partition coefficient (Wildman–Crippen LogP) is 2.45. The van der Waals surface area contributed by atoms with Gasteiger partial charge in [-0.1, -0.05) is 11.6 Å². The van der Waals surface area contributed by atoms with Crippen LogP contribution in [0, 0.1) is 0 Å². The first-order chi connectivity index (χ1) is 8.47. The summed E-state index contributed by atoms with van der Waals surface area (Å²) < 4.78 is 0. The minimum Gasteiger partial charge on any atom is -0.398 e. The Kier molecular flexibility index (Phi) is 4.15. The first kappa shape index (κ1) is 13.7. The highest BCUT2D eigenvalue weighted by atomic mass is 35.5. The summed E-state index contributed by atoms with van der Waals surface area (Å²) in [5, 5.41) is 0.759. The summed E-state index contributed by atoms with van der Waals surface area (Å²) in [7, 11) is 2.19. The summed E-state index contributed by atoms with van der Waals surface area (Å²) in [6, 6.07) is 6.86. The van der Waals surface area contributed by atoms with Gasteiger partial charge in [-0.2, -0.15) is 0 Å². The Labute approximate surface area is 115 Å². The number of anilines is 1. The molecule has 18 heavy (non-hydrogen) atoms. The van der Waals surface area contributed by atoms with Gasteiger partial charge in [-0.3, -0.25) is 9.80 Å². The van der Waals surface area contributed by atoms with E-state index in [2.05, 4.69) is 30.7 Å². The fourth-order valence-corrected chi connectivity index (χ4v) is 2.79. The van der Waals surface area contributed by atoms with Crippen molar-refractivity contribution in [3.63, 3.8) is 0 Å². The first-order valence-electron chi connectivity index (χ1n) is 6.45. The molecule has 3 nitrogen and oxygen atoms in total. The summed E-state index contributed by atoms with van der Waals surface area (Å²) in [4.78, 5) is 4.88. The monoisotopic (exact) mass is 267 g/mol. The van der Waals surface area contributed by atoms with Crippen molar-refractivity contribution in [2.75, 3.05) is 25.9 Å². The van der Waals surface area contributed by atoms with Crippen LogP contribution in [0.25, 0.3) is 0 Å². The Bertz CT molecular complexity index is 410. The second-order valence-corrected chi connectivity index (χ2v) is 5.84. The van der Waals surface area contributed by atoms with Gasteiger partial charge in [0.1, 0.15) is 0 Å². The Morgan fingerprint density at radius 3 is 2.50 bits per heavy atom. The lowest BCUT2D eigenvalue weighted by molar-refractivity contribution is 0.0557. The van der Waals surface area contributed by atoms with E-state index in [4.69, 9.17) is 17.3 Å². The smallest absolute Gasteiger partial charge is 0.0410 e. The average molecular weight is 268 g/mol. The number of nitrogens with zero attached hydrogens (tertiary/aromatic N) is 2. The number of benzene rings is 1. The Hall–Kier alpha value is -0.770. The van der Waals surface area contributed by atoms with Crippen molar-refractivity contribution in [2.24, 2.45) is 0 Å². The normalized spacial score (nSPS) is 26.4. The lowest BCUT2D eigenvalue weighted by Gasteiger charge is -2.42. The molecule has 1 fully saturated rings. The van der Waals surface area contributed by atoms with Gasteiger partial charge in [-0.05, 0) is 44.7 Å². The van der Waals surface area contributed by atoms with E-state index in [1.807, 2.05) is 18.2 Å². The van der Waals surface area contributed by atoms with Crippen molar-refractivity contribution >= 4 is 17.3 Å². The van der Waals surface area contributed by atoms with E-state index in [-0.39, 0.29) is 0 Å². The Morgan fingerprint density at radius 1 is 1.28 bits per heavy atom. The zero-order chi connectivity index (χ0) is 13.3. The first-order valence-corrected chi connectivity index (χ1v) is 6.83. The van der Waals surface area contributed by atoms with Crippen LogP contribution in [0.3, 0.4) is 0 Å². The lowest BCUT2D eigenvalue weighted by Crippen LogP contribution is -2.54. The van der Waals surface area contributed by atoms with Gasteiger partial charge in [-0.15, -0.1) is 0 Å². The average Bonchev–Trinajstić information content (AvgIpc) is 2.31. The SMILES string of the molecule is CC1CN(Cc2cc(Cl)ccc2N)CC(C)N1C. The van der Waals surface area contributed by atoms with Crippen LogP contribution in [-0.4, -0.2) is 42.0 Å². The second kappa shape index (κ2) is 5.47. The van der Waals surface area contributed by atoms with Crippen LogP contribution in [0.2, 0.25) is 5.02 Å². The third kappa shape index (κ3) is 2.97. The van der Waals surface area contributed by atoms with Crippen LogP contribution < -0.4 is 5.73 Å². The number of likely N-dealkylation sites (N-methyl/N-ethyl adjacent to an activating group) is 1. The molecule has 4 heteroatoms. The molecule has 1 aromatic rings. The van der Waals surface area contributed by atoms with E-state index in [0.717, 1.165) is 35.9 Å². The van der Waals surface area contributed by atoms with Crippen molar-refractivity contribution < 1.29 is 0 Å². The summed E-state index contributed by atoms with van der Waals surface area (Å²) >= 11 is 6.03. The molecule has 2 atom stereocenters. The third-order valence-corrected chi connectivity index (χ3v) is 4.17. The summed E-state index contributed by atoms with van der Waals surface area (Å²) in [5.74, 6) is 0. The summed E-state index contributed by atoms with van der Waals surface area (Å²) in [6.07, 6.45) is 0. The number of rotatable bonds is 2. The Morgan fingerprint density at radius 2 is 1.89 bits per heavy atom.